The Bertz CT molecular complexity index is 1190. The van der Waals surface area contributed by atoms with Crippen molar-refractivity contribution in [1.29, 1.82) is 0 Å². The minimum atomic E-state index is -0.342. The molecule has 1 aliphatic carbocycles. The van der Waals surface area contributed by atoms with Crippen molar-refractivity contribution in [1.82, 2.24) is 14.7 Å². The van der Waals surface area contributed by atoms with Gasteiger partial charge in [-0.25, -0.2) is 4.68 Å². The molecule has 3 aromatic rings. The molecule has 31 heavy (non-hydrogen) atoms. The van der Waals surface area contributed by atoms with Gasteiger partial charge in [-0.1, -0.05) is 23.2 Å². The number of carbonyl (C=O) groups excluding carboxylic acids is 1. The summed E-state index contributed by atoms with van der Waals surface area (Å²) in [4.78, 5) is 15.1. The van der Waals surface area contributed by atoms with Crippen LogP contribution in [0.3, 0.4) is 0 Å². The maximum atomic E-state index is 13.4. The average Bonchev–Trinajstić information content (AvgIpc) is 3.21. The number of aromatic nitrogens is 2. The molecule has 2 aromatic carbocycles. The fourth-order valence-electron chi connectivity index (χ4n) is 3.69. The van der Waals surface area contributed by atoms with Crippen LogP contribution in [0, 0.1) is 0 Å². The maximum absolute atomic E-state index is 13.4. The maximum Gasteiger partial charge on any atom is 0.274 e. The molecule has 0 saturated heterocycles. The molecule has 0 radical (unpaired) electrons. The molecule has 0 N–H and O–H groups in total. The van der Waals surface area contributed by atoms with E-state index in [1.54, 1.807) is 41.9 Å². The quantitative estimate of drug-likeness (QED) is 0.313. The smallest absolute Gasteiger partial charge is 0.274 e. The molecule has 8 heteroatoms. The van der Waals surface area contributed by atoms with Crippen LogP contribution in [0.4, 0.5) is 0 Å². The predicted molar refractivity (Wildman–Crippen MR) is 128 cm³/mol. The van der Waals surface area contributed by atoms with Crippen molar-refractivity contribution in [2.24, 2.45) is 0 Å². The number of methoxy groups -OCH3 is 1. The van der Waals surface area contributed by atoms with E-state index in [9.17, 15) is 4.79 Å². The van der Waals surface area contributed by atoms with Crippen LogP contribution in [0.2, 0.25) is 10.0 Å². The number of nitrogens with zero attached hydrogens (tertiary/aromatic N) is 3. The van der Waals surface area contributed by atoms with Gasteiger partial charge in [0.25, 0.3) is 5.91 Å². The molecule has 0 saturated carbocycles. The summed E-state index contributed by atoms with van der Waals surface area (Å²) in [5, 5.41) is 5.75. The van der Waals surface area contributed by atoms with Crippen molar-refractivity contribution in [3.8, 4) is 22.7 Å². The molecular weight excluding hydrogens is 501 g/mol. The molecule has 0 atom stereocenters. The van der Waals surface area contributed by atoms with E-state index < -0.39 is 0 Å². The fourth-order valence-corrected chi connectivity index (χ4v) is 4.71. The molecule has 162 valence electrons. The van der Waals surface area contributed by atoms with Crippen molar-refractivity contribution in [2.45, 2.75) is 32.7 Å². The van der Waals surface area contributed by atoms with E-state index in [-0.39, 0.29) is 11.4 Å². The van der Waals surface area contributed by atoms with E-state index >= 15 is 0 Å². The van der Waals surface area contributed by atoms with Crippen molar-refractivity contribution >= 4 is 45.0 Å². The average molecular weight is 523 g/mol. The van der Waals surface area contributed by atoms with E-state index in [1.165, 1.54) is 0 Å². The van der Waals surface area contributed by atoms with Crippen LogP contribution in [0.1, 0.15) is 42.4 Å². The van der Waals surface area contributed by atoms with Gasteiger partial charge < -0.3 is 9.64 Å². The van der Waals surface area contributed by atoms with E-state index in [1.807, 2.05) is 32.9 Å². The zero-order valence-corrected chi connectivity index (χ0v) is 21.0. The van der Waals surface area contributed by atoms with Gasteiger partial charge >= 0.3 is 0 Å². The SMILES string of the molecule is COc1cc2c(cc1Br)-c1c(c(C(=O)N(C)C(C)(C)C)nn1-c1cc(Cl)cc(Cl)c1)C2. The Kier molecular flexibility index (Phi) is 5.61. The van der Waals surface area contributed by atoms with Crippen LogP contribution in [0.15, 0.2) is 34.8 Å². The lowest BCUT2D eigenvalue weighted by molar-refractivity contribution is 0.0648. The van der Waals surface area contributed by atoms with E-state index in [2.05, 4.69) is 15.9 Å². The summed E-state index contributed by atoms with van der Waals surface area (Å²) in [5.41, 5.74) is 4.59. The molecule has 1 heterocycles. The van der Waals surface area contributed by atoms with Crippen molar-refractivity contribution < 1.29 is 9.53 Å². The third-order valence-electron chi connectivity index (χ3n) is 5.59. The highest BCUT2D eigenvalue weighted by atomic mass is 79.9. The van der Waals surface area contributed by atoms with Gasteiger partial charge in [0.15, 0.2) is 5.69 Å². The van der Waals surface area contributed by atoms with Gasteiger partial charge in [0, 0.05) is 40.2 Å². The minimum Gasteiger partial charge on any atom is -0.496 e. The Balaban J connectivity index is 1.97. The van der Waals surface area contributed by atoms with Gasteiger partial charge in [-0.2, -0.15) is 5.10 Å². The van der Waals surface area contributed by atoms with Gasteiger partial charge in [0.2, 0.25) is 0 Å². The van der Waals surface area contributed by atoms with Gasteiger partial charge in [0.1, 0.15) is 5.75 Å². The first-order valence-electron chi connectivity index (χ1n) is 9.74. The van der Waals surface area contributed by atoms with Crippen LogP contribution in [0.25, 0.3) is 16.9 Å². The molecule has 0 spiro atoms. The van der Waals surface area contributed by atoms with Crippen molar-refractivity contribution in [2.75, 3.05) is 14.2 Å². The first-order valence-corrected chi connectivity index (χ1v) is 11.3. The lowest BCUT2D eigenvalue weighted by Gasteiger charge is -2.31. The van der Waals surface area contributed by atoms with Gasteiger partial charge in [0.05, 0.1) is 23.0 Å². The largest absolute Gasteiger partial charge is 0.496 e. The molecule has 1 aliphatic rings. The molecule has 0 aliphatic heterocycles. The number of fused-ring (bicyclic) bond motifs is 3. The molecular formula is C23H22BrCl2N3O2. The number of amides is 1. The Morgan fingerprint density at radius 3 is 2.39 bits per heavy atom. The topological polar surface area (TPSA) is 47.4 Å². The van der Waals surface area contributed by atoms with Crippen LogP contribution in [-0.2, 0) is 6.42 Å². The Hall–Kier alpha value is -2.02. The second kappa shape index (κ2) is 7.84. The second-order valence-electron chi connectivity index (χ2n) is 8.57. The highest BCUT2D eigenvalue weighted by Crippen LogP contribution is 2.44. The van der Waals surface area contributed by atoms with Crippen LogP contribution >= 0.6 is 39.1 Å². The highest BCUT2D eigenvalue weighted by Gasteiger charge is 2.35. The van der Waals surface area contributed by atoms with Crippen molar-refractivity contribution in [3.05, 3.63) is 61.7 Å². The van der Waals surface area contributed by atoms with E-state index in [0.29, 0.717) is 27.8 Å². The second-order valence-corrected chi connectivity index (χ2v) is 10.3. The lowest BCUT2D eigenvalue weighted by Crippen LogP contribution is -2.43. The lowest BCUT2D eigenvalue weighted by atomic mass is 10.1. The summed E-state index contributed by atoms with van der Waals surface area (Å²) in [6.45, 7) is 5.99. The van der Waals surface area contributed by atoms with Crippen LogP contribution < -0.4 is 4.74 Å². The predicted octanol–water partition coefficient (Wildman–Crippen LogP) is 6.39. The first-order chi connectivity index (χ1) is 14.5. The summed E-state index contributed by atoms with van der Waals surface area (Å²) in [7, 11) is 3.43. The third-order valence-corrected chi connectivity index (χ3v) is 6.64. The number of benzene rings is 2. The van der Waals surface area contributed by atoms with E-state index in [0.717, 1.165) is 32.6 Å². The molecule has 1 amide bonds. The number of carbonyl (C=O) groups is 1. The van der Waals surface area contributed by atoms with Gasteiger partial charge in [-0.05, 0) is 72.6 Å². The molecule has 0 unspecified atom stereocenters. The Morgan fingerprint density at radius 2 is 1.81 bits per heavy atom. The highest BCUT2D eigenvalue weighted by molar-refractivity contribution is 9.10. The van der Waals surface area contributed by atoms with Crippen LogP contribution in [-0.4, -0.2) is 40.3 Å². The number of hydrogen-bond acceptors (Lipinski definition) is 3. The minimum absolute atomic E-state index is 0.130. The summed E-state index contributed by atoms with van der Waals surface area (Å²) in [6.07, 6.45) is 0.585. The molecule has 1 aromatic heterocycles. The van der Waals surface area contributed by atoms with Crippen molar-refractivity contribution in [3.63, 3.8) is 0 Å². The summed E-state index contributed by atoms with van der Waals surface area (Å²) >= 11 is 16.1. The number of ether oxygens (including phenoxy) is 1. The molecule has 4 rings (SSSR count). The van der Waals surface area contributed by atoms with Crippen LogP contribution in [0.5, 0.6) is 5.75 Å². The number of halogens is 3. The summed E-state index contributed by atoms with van der Waals surface area (Å²) in [6, 6.07) is 9.26. The summed E-state index contributed by atoms with van der Waals surface area (Å²) in [5.74, 6) is 0.614. The van der Waals surface area contributed by atoms with Gasteiger partial charge in [-0.15, -0.1) is 0 Å². The first kappa shape index (κ1) is 22.2. The summed E-state index contributed by atoms with van der Waals surface area (Å²) < 4.78 is 8.07. The normalized spacial score (nSPS) is 12.5. The molecule has 0 fully saturated rings. The van der Waals surface area contributed by atoms with Gasteiger partial charge in [-0.3, -0.25) is 4.79 Å². The fraction of sp³-hybridized carbons (Fsp3) is 0.304. The Morgan fingerprint density at radius 1 is 1.16 bits per heavy atom. The molecule has 5 nitrogen and oxygen atoms in total. The molecule has 0 bridgehead atoms. The number of hydrogen-bond donors (Lipinski definition) is 0. The third kappa shape index (κ3) is 3.86. The monoisotopic (exact) mass is 521 g/mol. The zero-order valence-electron chi connectivity index (χ0n) is 17.9. The van der Waals surface area contributed by atoms with E-state index in [4.69, 9.17) is 33.0 Å². The standard InChI is InChI=1S/C23H22BrCl2N3O2/c1-23(2,3)28(4)22(30)20-17-6-12-7-19(31-5)18(24)11-16(12)21(17)29(27-20)15-9-13(25)8-14(26)10-15/h7-11H,6H2,1-5H3. The Labute approximate surface area is 200 Å². The zero-order chi connectivity index (χ0) is 22.7. The number of rotatable bonds is 3.